The van der Waals surface area contributed by atoms with E-state index in [2.05, 4.69) is 26.5 Å². The second-order valence-electron chi connectivity index (χ2n) is 6.12. The maximum absolute atomic E-state index is 12.4. The maximum Gasteiger partial charge on any atom is 0.260 e. The fraction of sp³-hybridized carbons (Fsp3) is 0.263. The molecule has 0 unspecified atom stereocenters. The van der Waals surface area contributed by atoms with Gasteiger partial charge in [0, 0.05) is 5.02 Å². The van der Waals surface area contributed by atoms with Gasteiger partial charge in [0.1, 0.15) is 12.3 Å². The van der Waals surface area contributed by atoms with Crippen molar-refractivity contribution >= 4 is 55.4 Å². The summed E-state index contributed by atoms with van der Waals surface area (Å²) in [6.07, 6.45) is 2.36. The number of sulfonamides is 1. The first-order valence-corrected chi connectivity index (χ1v) is 11.7. The minimum atomic E-state index is -3.82. The zero-order chi connectivity index (χ0) is 23.2. The fourth-order valence-electron chi connectivity index (χ4n) is 2.60. The van der Waals surface area contributed by atoms with Crippen molar-refractivity contribution in [3.63, 3.8) is 0 Å². The van der Waals surface area contributed by atoms with Crippen LogP contribution in [-0.2, 0) is 14.8 Å². The first-order valence-electron chi connectivity index (χ1n) is 8.65. The molecule has 2 rings (SSSR count). The summed E-state index contributed by atoms with van der Waals surface area (Å²) in [5.41, 5.74) is 3.06. The zero-order valence-electron chi connectivity index (χ0n) is 17.2. The summed E-state index contributed by atoms with van der Waals surface area (Å²) in [6, 6.07) is 7.85. The molecule has 0 bridgehead atoms. The predicted octanol–water partition coefficient (Wildman–Crippen LogP) is 3.04. The molecular formula is C19H21BrClN3O6S. The number of methoxy groups -OCH3 is 3. The molecule has 0 aliphatic rings. The Balaban J connectivity index is 2.20. The molecule has 0 radical (unpaired) electrons. The first kappa shape index (κ1) is 24.8. The molecule has 9 nitrogen and oxygen atoms in total. The molecule has 1 amide bonds. The van der Waals surface area contributed by atoms with Crippen LogP contribution in [-0.4, -0.2) is 54.7 Å². The number of rotatable bonds is 9. The van der Waals surface area contributed by atoms with Crippen LogP contribution in [0, 0.1) is 0 Å². The molecule has 0 aliphatic heterocycles. The molecule has 0 heterocycles. The summed E-state index contributed by atoms with van der Waals surface area (Å²) in [4.78, 5) is 12.4. The van der Waals surface area contributed by atoms with Gasteiger partial charge in [-0.15, -0.1) is 0 Å². The molecule has 12 heteroatoms. The number of hydrogen-bond donors (Lipinski definition) is 1. The number of carbonyl (C=O) groups is 1. The van der Waals surface area contributed by atoms with Crippen LogP contribution in [0.2, 0.25) is 5.02 Å². The SMILES string of the molecule is COc1ccc(Cl)cc1N(CC(=O)N/N=C/c1cc(Br)c(OC)c(OC)c1)S(C)(=O)=O. The highest BCUT2D eigenvalue weighted by atomic mass is 79.9. The molecule has 0 aromatic heterocycles. The molecule has 2 aromatic rings. The second-order valence-corrected chi connectivity index (χ2v) is 9.31. The number of ether oxygens (including phenoxy) is 3. The first-order chi connectivity index (χ1) is 14.6. The van der Waals surface area contributed by atoms with Crippen molar-refractivity contribution in [2.24, 2.45) is 5.10 Å². The molecule has 31 heavy (non-hydrogen) atoms. The molecule has 0 atom stereocenters. The number of amides is 1. The van der Waals surface area contributed by atoms with E-state index in [0.717, 1.165) is 10.6 Å². The van der Waals surface area contributed by atoms with Gasteiger partial charge >= 0.3 is 0 Å². The molecule has 1 N–H and O–H groups in total. The summed E-state index contributed by atoms with van der Waals surface area (Å²) < 4.78 is 41.8. The summed E-state index contributed by atoms with van der Waals surface area (Å²) in [5, 5.41) is 4.18. The molecule has 0 fully saturated rings. The van der Waals surface area contributed by atoms with E-state index in [4.69, 9.17) is 25.8 Å². The van der Waals surface area contributed by atoms with Gasteiger partial charge in [-0.1, -0.05) is 11.6 Å². The van der Waals surface area contributed by atoms with Crippen molar-refractivity contribution in [2.75, 3.05) is 38.4 Å². The standard InChI is InChI=1S/C19H21BrClN3O6S/c1-28-16-6-5-13(21)9-15(16)24(31(4,26)27)11-18(25)23-22-10-12-7-14(20)19(30-3)17(8-12)29-2/h5-10H,11H2,1-4H3,(H,23,25)/b22-10+. The molecule has 168 valence electrons. The Hall–Kier alpha value is -2.50. The smallest absolute Gasteiger partial charge is 0.260 e. The van der Waals surface area contributed by atoms with Crippen molar-refractivity contribution in [1.29, 1.82) is 0 Å². The second kappa shape index (κ2) is 10.7. The number of nitrogens with zero attached hydrogens (tertiary/aromatic N) is 2. The molecule has 0 aliphatic carbocycles. The van der Waals surface area contributed by atoms with Gasteiger partial charge in [-0.05, 0) is 51.8 Å². The third kappa shape index (κ3) is 6.49. The van der Waals surface area contributed by atoms with E-state index in [1.165, 1.54) is 39.7 Å². The van der Waals surface area contributed by atoms with Crippen LogP contribution in [0.1, 0.15) is 5.56 Å². The molecule has 2 aromatic carbocycles. The third-order valence-electron chi connectivity index (χ3n) is 3.96. The van der Waals surface area contributed by atoms with E-state index in [9.17, 15) is 13.2 Å². The van der Waals surface area contributed by atoms with E-state index in [-0.39, 0.29) is 11.4 Å². The monoisotopic (exact) mass is 533 g/mol. The predicted molar refractivity (Wildman–Crippen MR) is 123 cm³/mol. The number of benzene rings is 2. The quantitative estimate of drug-likeness (QED) is 0.391. The number of hydrazone groups is 1. The zero-order valence-corrected chi connectivity index (χ0v) is 20.3. The summed E-state index contributed by atoms with van der Waals surface area (Å²) in [7, 11) is 0.581. The number of anilines is 1. The van der Waals surface area contributed by atoms with Gasteiger partial charge in [0.05, 0.1) is 44.0 Å². The van der Waals surface area contributed by atoms with Gasteiger partial charge in [-0.2, -0.15) is 5.10 Å². The lowest BCUT2D eigenvalue weighted by Gasteiger charge is -2.23. The summed E-state index contributed by atoms with van der Waals surface area (Å²) in [5.74, 6) is 0.577. The summed E-state index contributed by atoms with van der Waals surface area (Å²) in [6.45, 7) is -0.525. The maximum atomic E-state index is 12.4. The van der Waals surface area contributed by atoms with Gasteiger partial charge in [0.2, 0.25) is 10.0 Å². The van der Waals surface area contributed by atoms with Crippen LogP contribution in [0.4, 0.5) is 5.69 Å². The lowest BCUT2D eigenvalue weighted by molar-refractivity contribution is -0.119. The Labute approximate surface area is 194 Å². The van der Waals surface area contributed by atoms with E-state index >= 15 is 0 Å². The topological polar surface area (TPSA) is 107 Å². The highest BCUT2D eigenvalue weighted by Gasteiger charge is 2.24. The van der Waals surface area contributed by atoms with E-state index < -0.39 is 22.5 Å². The van der Waals surface area contributed by atoms with E-state index in [1.54, 1.807) is 18.2 Å². The van der Waals surface area contributed by atoms with Crippen LogP contribution in [0.3, 0.4) is 0 Å². The minimum Gasteiger partial charge on any atom is -0.495 e. The normalized spacial score (nSPS) is 11.3. The van der Waals surface area contributed by atoms with E-state index in [1.807, 2.05) is 0 Å². The number of hydrogen-bond acceptors (Lipinski definition) is 7. The van der Waals surface area contributed by atoms with Gasteiger partial charge in [0.25, 0.3) is 5.91 Å². The van der Waals surface area contributed by atoms with Crippen molar-refractivity contribution in [3.8, 4) is 17.2 Å². The van der Waals surface area contributed by atoms with Crippen molar-refractivity contribution in [2.45, 2.75) is 0 Å². The lowest BCUT2D eigenvalue weighted by atomic mass is 10.2. The van der Waals surface area contributed by atoms with E-state index in [0.29, 0.717) is 26.6 Å². The Morgan fingerprint density at radius 2 is 1.84 bits per heavy atom. The Morgan fingerprint density at radius 1 is 1.16 bits per heavy atom. The minimum absolute atomic E-state index is 0.139. The van der Waals surface area contributed by atoms with Crippen molar-refractivity contribution < 1.29 is 27.4 Å². The average molecular weight is 535 g/mol. The average Bonchev–Trinajstić information content (AvgIpc) is 2.70. The Morgan fingerprint density at radius 3 is 2.42 bits per heavy atom. The van der Waals surface area contributed by atoms with Crippen LogP contribution < -0.4 is 23.9 Å². The van der Waals surface area contributed by atoms with Crippen LogP contribution in [0.5, 0.6) is 17.2 Å². The molecule has 0 spiro atoms. The fourth-order valence-corrected chi connectivity index (χ4v) is 4.24. The Bertz CT molecular complexity index is 1090. The Kier molecular flexibility index (Phi) is 8.54. The van der Waals surface area contributed by atoms with Crippen LogP contribution in [0.25, 0.3) is 0 Å². The van der Waals surface area contributed by atoms with Crippen LogP contribution >= 0.6 is 27.5 Å². The number of halogens is 2. The summed E-state index contributed by atoms with van der Waals surface area (Å²) >= 11 is 9.36. The number of carbonyl (C=O) groups excluding carboxylic acids is 1. The molecule has 0 saturated heterocycles. The van der Waals surface area contributed by atoms with Crippen LogP contribution in [0.15, 0.2) is 39.9 Å². The molecular weight excluding hydrogens is 514 g/mol. The largest absolute Gasteiger partial charge is 0.495 e. The van der Waals surface area contributed by atoms with Gasteiger partial charge in [-0.3, -0.25) is 9.10 Å². The molecule has 0 saturated carbocycles. The van der Waals surface area contributed by atoms with Gasteiger partial charge in [-0.25, -0.2) is 13.8 Å². The lowest BCUT2D eigenvalue weighted by Crippen LogP contribution is -2.39. The number of nitrogens with one attached hydrogen (secondary N) is 1. The third-order valence-corrected chi connectivity index (χ3v) is 5.91. The van der Waals surface area contributed by atoms with Crippen molar-refractivity contribution in [3.05, 3.63) is 45.4 Å². The highest BCUT2D eigenvalue weighted by molar-refractivity contribution is 9.10. The highest BCUT2D eigenvalue weighted by Crippen LogP contribution is 2.36. The van der Waals surface area contributed by atoms with Crippen molar-refractivity contribution in [1.82, 2.24) is 5.43 Å². The van der Waals surface area contributed by atoms with Gasteiger partial charge < -0.3 is 14.2 Å². The van der Waals surface area contributed by atoms with Gasteiger partial charge in [0.15, 0.2) is 11.5 Å².